The van der Waals surface area contributed by atoms with Crippen molar-refractivity contribution < 1.29 is 4.74 Å². The first-order valence-corrected chi connectivity index (χ1v) is 11.0. The molecule has 1 aliphatic carbocycles. The number of allylic oxidation sites excluding steroid dienone is 1. The molecule has 0 N–H and O–H groups in total. The molecule has 2 aliphatic rings. The quantitative estimate of drug-likeness (QED) is 0.708. The van der Waals surface area contributed by atoms with E-state index in [0.29, 0.717) is 17.6 Å². The van der Waals surface area contributed by atoms with Crippen LogP contribution in [0.15, 0.2) is 77.3 Å². The summed E-state index contributed by atoms with van der Waals surface area (Å²) in [6.07, 6.45) is 4.67. The first-order chi connectivity index (χ1) is 12.7. The predicted octanol–water partition coefficient (Wildman–Crippen LogP) is 4.66. The van der Waals surface area contributed by atoms with Crippen LogP contribution in [-0.2, 0) is 4.74 Å². The minimum atomic E-state index is -0.466. The number of hydrogen-bond acceptors (Lipinski definition) is 2. The van der Waals surface area contributed by atoms with Gasteiger partial charge in [-0.2, -0.15) is 0 Å². The van der Waals surface area contributed by atoms with Gasteiger partial charge in [0.25, 0.3) is 0 Å². The molecule has 1 aliphatic heterocycles. The lowest BCUT2D eigenvalue weighted by Crippen LogP contribution is -2.24. The zero-order valence-corrected chi connectivity index (χ0v) is 16.4. The molecule has 2 nitrogen and oxygen atoms in total. The smallest absolute Gasteiger partial charge is 0.212 e. The lowest BCUT2D eigenvalue weighted by Gasteiger charge is -2.27. The van der Waals surface area contributed by atoms with E-state index in [1.807, 2.05) is 0 Å². The molecule has 0 bridgehead atoms. The Morgan fingerprint density at radius 2 is 1.58 bits per heavy atom. The van der Waals surface area contributed by atoms with E-state index in [1.165, 1.54) is 22.6 Å². The maximum atomic E-state index is 6.06. The Morgan fingerprint density at radius 1 is 0.962 bits per heavy atom. The van der Waals surface area contributed by atoms with Crippen molar-refractivity contribution in [3.63, 3.8) is 0 Å². The molecule has 4 rings (SSSR count). The summed E-state index contributed by atoms with van der Waals surface area (Å²) >= 11 is 0. The van der Waals surface area contributed by atoms with Gasteiger partial charge in [0.15, 0.2) is 0 Å². The molecule has 1 unspecified atom stereocenters. The van der Waals surface area contributed by atoms with Crippen molar-refractivity contribution in [3.8, 4) is 0 Å². The summed E-state index contributed by atoms with van der Waals surface area (Å²) in [7, 11) is -0.466. The predicted molar refractivity (Wildman–Crippen MR) is 112 cm³/mol. The molecule has 0 amide bonds. The molecule has 2 aromatic carbocycles. The molecular formula is C23H26NOP. The van der Waals surface area contributed by atoms with Crippen molar-refractivity contribution in [1.82, 2.24) is 0 Å². The maximum absolute atomic E-state index is 6.06. The Balaban J connectivity index is 1.70. The normalized spacial score (nSPS) is 22.5. The first-order valence-electron chi connectivity index (χ1n) is 9.54. The summed E-state index contributed by atoms with van der Waals surface area (Å²) < 4.78 is 6.06. The summed E-state index contributed by atoms with van der Waals surface area (Å²) in [6, 6.07) is 22.3. The molecule has 2 atom stereocenters. The zero-order chi connectivity index (χ0) is 17.9. The van der Waals surface area contributed by atoms with Gasteiger partial charge < -0.3 is 4.74 Å². The third kappa shape index (κ3) is 3.48. The molecule has 3 heteroatoms. The van der Waals surface area contributed by atoms with E-state index < -0.39 is 7.92 Å². The lowest BCUT2D eigenvalue weighted by atomic mass is 10.1. The van der Waals surface area contributed by atoms with Gasteiger partial charge in [-0.1, -0.05) is 80.6 Å². The molecule has 2 aromatic rings. The van der Waals surface area contributed by atoms with Crippen molar-refractivity contribution in [1.29, 1.82) is 0 Å². The van der Waals surface area contributed by atoms with Gasteiger partial charge in [-0.05, 0) is 37.3 Å². The van der Waals surface area contributed by atoms with Crippen LogP contribution in [0.3, 0.4) is 0 Å². The molecule has 0 saturated heterocycles. The number of ether oxygens (including phenoxy) is 1. The van der Waals surface area contributed by atoms with E-state index in [9.17, 15) is 0 Å². The second-order valence-electron chi connectivity index (χ2n) is 7.35. The molecule has 1 heterocycles. The van der Waals surface area contributed by atoms with Gasteiger partial charge in [-0.15, -0.1) is 0 Å². The van der Waals surface area contributed by atoms with Crippen LogP contribution in [-0.4, -0.2) is 24.2 Å². The van der Waals surface area contributed by atoms with E-state index in [-0.39, 0.29) is 0 Å². The highest BCUT2D eigenvalue weighted by atomic mass is 31.1. The van der Waals surface area contributed by atoms with Gasteiger partial charge in [0, 0.05) is 11.2 Å². The average Bonchev–Trinajstić information content (AvgIpc) is 3.33. The van der Waals surface area contributed by atoms with Crippen molar-refractivity contribution in [3.05, 3.63) is 72.3 Å². The van der Waals surface area contributed by atoms with Gasteiger partial charge in [-0.25, -0.2) is 4.99 Å². The van der Waals surface area contributed by atoms with Gasteiger partial charge in [0.2, 0.25) is 5.90 Å². The molecular weight excluding hydrogens is 337 g/mol. The van der Waals surface area contributed by atoms with Gasteiger partial charge in [0.05, 0.1) is 6.04 Å². The van der Waals surface area contributed by atoms with Crippen LogP contribution in [0.25, 0.3) is 0 Å². The third-order valence-electron chi connectivity index (χ3n) is 5.23. The first kappa shape index (κ1) is 17.5. The molecule has 134 valence electrons. The van der Waals surface area contributed by atoms with E-state index in [2.05, 4.69) is 80.6 Å². The van der Waals surface area contributed by atoms with Crippen LogP contribution < -0.4 is 10.6 Å². The molecule has 26 heavy (non-hydrogen) atoms. The zero-order valence-electron chi connectivity index (χ0n) is 15.5. The summed E-state index contributed by atoms with van der Waals surface area (Å²) in [6.45, 7) is 5.18. The molecule has 0 fully saturated rings. The average molecular weight is 363 g/mol. The Morgan fingerprint density at radius 3 is 2.12 bits per heavy atom. The SMILES string of the molecule is CC(C)[C@H]1COC(C2=CCCC2P(c2ccccc2)c2ccccc2)=N1. The molecule has 0 radical (unpaired) electrons. The van der Waals surface area contributed by atoms with E-state index in [1.54, 1.807) is 0 Å². The van der Waals surface area contributed by atoms with Crippen molar-refractivity contribution >= 4 is 24.4 Å². The van der Waals surface area contributed by atoms with E-state index >= 15 is 0 Å². The summed E-state index contributed by atoms with van der Waals surface area (Å²) in [5, 5.41) is 2.87. The number of aliphatic imine (C=N–C) groups is 1. The van der Waals surface area contributed by atoms with Crippen LogP contribution in [0.4, 0.5) is 0 Å². The Kier molecular flexibility index (Phi) is 5.22. The minimum absolute atomic E-state index is 0.298. The highest BCUT2D eigenvalue weighted by molar-refractivity contribution is 7.73. The topological polar surface area (TPSA) is 21.6 Å². The highest BCUT2D eigenvalue weighted by Crippen LogP contribution is 2.48. The molecule has 0 aromatic heterocycles. The van der Waals surface area contributed by atoms with Crippen molar-refractivity contribution in [2.75, 3.05) is 6.61 Å². The van der Waals surface area contributed by atoms with Crippen LogP contribution in [0.2, 0.25) is 0 Å². The number of benzene rings is 2. The second kappa shape index (κ2) is 7.76. The number of hydrogen-bond donors (Lipinski definition) is 0. The standard InChI is InChI=1S/C23H26NOP/c1-17(2)21-16-25-23(24-21)20-14-9-15-22(20)26(18-10-5-3-6-11-18)19-12-7-4-8-13-19/h3-8,10-14,17,21-22H,9,15-16H2,1-2H3/t21-,22?/m1/s1. The summed E-state index contributed by atoms with van der Waals surface area (Å²) in [4.78, 5) is 4.93. The van der Waals surface area contributed by atoms with E-state index in [0.717, 1.165) is 18.9 Å². The summed E-state index contributed by atoms with van der Waals surface area (Å²) in [5.41, 5.74) is 1.83. The minimum Gasteiger partial charge on any atom is -0.475 e. The van der Waals surface area contributed by atoms with Gasteiger partial charge in [-0.3, -0.25) is 0 Å². The lowest BCUT2D eigenvalue weighted by molar-refractivity contribution is 0.291. The molecule has 0 spiro atoms. The monoisotopic (exact) mass is 363 g/mol. The Labute approximate surface area is 157 Å². The Bertz CT molecular complexity index is 758. The van der Waals surface area contributed by atoms with Gasteiger partial charge in [0.1, 0.15) is 6.61 Å². The van der Waals surface area contributed by atoms with Crippen molar-refractivity contribution in [2.45, 2.75) is 38.4 Å². The second-order valence-corrected chi connectivity index (χ2v) is 9.75. The fourth-order valence-corrected chi connectivity index (χ4v) is 6.67. The Hall–Kier alpha value is -1.92. The van der Waals surface area contributed by atoms with Crippen LogP contribution >= 0.6 is 7.92 Å². The van der Waals surface area contributed by atoms with Crippen molar-refractivity contribution in [2.24, 2.45) is 10.9 Å². The fraction of sp³-hybridized carbons (Fsp3) is 0.348. The number of rotatable bonds is 5. The molecule has 0 saturated carbocycles. The summed E-state index contributed by atoms with van der Waals surface area (Å²) in [5.74, 6) is 1.43. The van der Waals surface area contributed by atoms with Crippen LogP contribution in [0.1, 0.15) is 26.7 Å². The van der Waals surface area contributed by atoms with E-state index in [4.69, 9.17) is 9.73 Å². The third-order valence-corrected chi connectivity index (χ3v) is 8.10. The largest absolute Gasteiger partial charge is 0.475 e. The fourth-order valence-electron chi connectivity index (χ4n) is 3.76. The van der Waals surface area contributed by atoms with Crippen LogP contribution in [0, 0.1) is 5.92 Å². The number of nitrogens with zero attached hydrogens (tertiary/aromatic N) is 1. The van der Waals surface area contributed by atoms with Gasteiger partial charge >= 0.3 is 0 Å². The highest BCUT2D eigenvalue weighted by Gasteiger charge is 2.35. The van der Waals surface area contributed by atoms with Crippen LogP contribution in [0.5, 0.6) is 0 Å². The maximum Gasteiger partial charge on any atom is 0.212 e.